The van der Waals surface area contributed by atoms with Crippen LogP contribution in [0.4, 0.5) is 0 Å². The van der Waals surface area contributed by atoms with E-state index in [9.17, 15) is 0 Å². The first-order valence-electron chi connectivity index (χ1n) is 19.1. The van der Waals surface area contributed by atoms with Crippen molar-refractivity contribution in [1.29, 1.82) is 5.41 Å². The third-order valence-corrected chi connectivity index (χ3v) is 11.4. The largest absolute Gasteiger partial charge is 0.282 e. The summed E-state index contributed by atoms with van der Waals surface area (Å²) in [5, 5.41) is 10.2. The van der Waals surface area contributed by atoms with E-state index in [-0.39, 0.29) is 5.84 Å². The molecule has 274 valence electrons. The molecule has 1 aliphatic carbocycles. The van der Waals surface area contributed by atoms with Gasteiger partial charge in [0.1, 0.15) is 0 Å². The Morgan fingerprint density at radius 1 is 0.632 bits per heavy atom. The molecule has 0 amide bonds. The van der Waals surface area contributed by atoms with Crippen LogP contribution in [-0.4, -0.2) is 32.8 Å². The van der Waals surface area contributed by atoms with Gasteiger partial charge in [0.25, 0.3) is 0 Å². The van der Waals surface area contributed by atoms with Crippen molar-refractivity contribution in [3.8, 4) is 34.2 Å². The molecule has 0 saturated heterocycles. The van der Waals surface area contributed by atoms with Crippen molar-refractivity contribution in [2.75, 3.05) is 0 Å². The van der Waals surface area contributed by atoms with Crippen LogP contribution in [0.5, 0.6) is 0 Å². The topological polar surface area (TPSA) is 87.2 Å². The fraction of sp³-hybridized carbons (Fsp3) is 0.0800. The minimum atomic E-state index is 0.130. The number of hydrogen-bond donors (Lipinski definition) is 1. The summed E-state index contributed by atoms with van der Waals surface area (Å²) in [6.45, 7) is 2.09. The molecule has 0 saturated carbocycles. The number of fused-ring (bicyclic) bond motifs is 3. The van der Waals surface area contributed by atoms with Crippen LogP contribution in [-0.2, 0) is 6.42 Å². The Hall–Kier alpha value is -6.96. The van der Waals surface area contributed by atoms with Crippen LogP contribution in [0, 0.1) is 12.3 Å². The quantitative estimate of drug-likeness (QED) is 0.130. The number of hydrogen-bond acceptors (Lipinski definition) is 5. The summed E-state index contributed by atoms with van der Waals surface area (Å²) in [6.07, 6.45) is 7.13. The van der Waals surface area contributed by atoms with Crippen molar-refractivity contribution in [2.45, 2.75) is 26.2 Å². The number of allylic oxidation sites excluding steroid dienone is 1. The molecule has 6 aromatic carbocycles. The monoisotopic (exact) mass is 754 g/mol. The fourth-order valence-corrected chi connectivity index (χ4v) is 8.58. The zero-order chi connectivity index (χ0) is 38.6. The van der Waals surface area contributed by atoms with Gasteiger partial charge in [0.2, 0.25) is 0 Å². The van der Waals surface area contributed by atoms with E-state index in [1.54, 1.807) is 11.3 Å². The number of nitrogens with one attached hydrogen (secondary N) is 1. The highest BCUT2D eigenvalue weighted by Gasteiger charge is 2.23. The van der Waals surface area contributed by atoms with Gasteiger partial charge in [0, 0.05) is 43.6 Å². The second kappa shape index (κ2) is 16.0. The predicted octanol–water partition coefficient (Wildman–Crippen LogP) is 12.2. The Morgan fingerprint density at radius 2 is 1.25 bits per heavy atom. The summed E-state index contributed by atoms with van der Waals surface area (Å²) in [5.41, 5.74) is 10.1. The van der Waals surface area contributed by atoms with Gasteiger partial charge in [-0.3, -0.25) is 5.41 Å². The van der Waals surface area contributed by atoms with E-state index >= 15 is 0 Å². The molecule has 2 aromatic heterocycles. The molecule has 0 spiro atoms. The normalized spacial score (nSPS) is 13.0. The molecule has 57 heavy (non-hydrogen) atoms. The molecule has 0 bridgehead atoms. The standard InChI is InChI=1S/C50H38N6S/c1-33-17-14-15-27-40(33)49-54-48(37-24-12-5-13-25-37)55-50(56-49)43-30-39(47(52-32-34-18-6-2-7-19-34)53-46(51)36-22-10-4-11-23-36)29-42-41-28-16-26-38(31-44(41)57-45(42)43)35-20-8-3-9-21-35/h2-15,17-25,27,29-32,51H,16,26,28H2,1H3. The molecule has 8 aromatic rings. The zero-order valence-electron chi connectivity index (χ0n) is 31.4. The number of aryl methyl sites for hydroxylation is 2. The Morgan fingerprint density at radius 3 is 1.96 bits per heavy atom. The Balaban J connectivity index is 1.31. The molecular formula is C50H38N6S. The molecule has 0 fully saturated rings. The smallest absolute Gasteiger partial charge is 0.165 e. The number of aromatic nitrogens is 3. The lowest BCUT2D eigenvalue weighted by Gasteiger charge is -2.12. The van der Waals surface area contributed by atoms with E-state index in [4.69, 9.17) is 30.3 Å². The Bertz CT molecular complexity index is 2820. The minimum absolute atomic E-state index is 0.130. The van der Waals surface area contributed by atoms with Crippen LogP contribution in [0.1, 0.15) is 51.1 Å². The lowest BCUT2D eigenvalue weighted by Crippen LogP contribution is -2.06. The van der Waals surface area contributed by atoms with Crippen molar-refractivity contribution in [3.63, 3.8) is 0 Å². The van der Waals surface area contributed by atoms with Crippen molar-refractivity contribution in [3.05, 3.63) is 196 Å². The van der Waals surface area contributed by atoms with Gasteiger partial charge in [0.05, 0.1) is 0 Å². The van der Waals surface area contributed by atoms with Crippen molar-refractivity contribution in [2.24, 2.45) is 9.98 Å². The highest BCUT2D eigenvalue weighted by Crippen LogP contribution is 2.43. The number of aliphatic imine (C=N–C) groups is 2. The van der Waals surface area contributed by atoms with Crippen LogP contribution >= 0.6 is 11.3 Å². The van der Waals surface area contributed by atoms with Gasteiger partial charge < -0.3 is 0 Å². The SMILES string of the molecule is Cc1ccccc1-c1nc(-c2ccccc2)nc(-c2cc(C(N=Cc3ccccc3)=NC(=N)c3ccccc3)cc3c4c(sc23)C=C(c2ccccc2)CCC4)n1. The molecule has 1 aliphatic rings. The lowest BCUT2D eigenvalue weighted by atomic mass is 9.99. The summed E-state index contributed by atoms with van der Waals surface area (Å²) in [7, 11) is 0. The predicted molar refractivity (Wildman–Crippen MR) is 237 cm³/mol. The molecule has 1 N–H and O–H groups in total. The molecule has 7 heteroatoms. The summed E-state index contributed by atoms with van der Waals surface area (Å²) < 4.78 is 1.10. The van der Waals surface area contributed by atoms with Gasteiger partial charge in [-0.05, 0) is 77.6 Å². The number of amidine groups is 2. The van der Waals surface area contributed by atoms with E-state index in [2.05, 4.69) is 67.6 Å². The Labute approximate surface area is 336 Å². The maximum absolute atomic E-state index is 9.09. The summed E-state index contributed by atoms with van der Waals surface area (Å²) in [5.74, 6) is 2.35. The van der Waals surface area contributed by atoms with Gasteiger partial charge in [0.15, 0.2) is 29.1 Å². The molecular weight excluding hydrogens is 717 g/mol. The third kappa shape index (κ3) is 7.66. The number of rotatable bonds is 7. The average Bonchev–Trinajstić information content (AvgIpc) is 3.47. The summed E-state index contributed by atoms with van der Waals surface area (Å²) in [4.78, 5) is 26.7. The first-order chi connectivity index (χ1) is 28.1. The van der Waals surface area contributed by atoms with Crippen LogP contribution in [0.2, 0.25) is 0 Å². The van der Waals surface area contributed by atoms with E-state index < -0.39 is 0 Å². The molecule has 6 nitrogen and oxygen atoms in total. The van der Waals surface area contributed by atoms with Gasteiger partial charge in [-0.15, -0.1) is 11.3 Å². The highest BCUT2D eigenvalue weighted by atomic mass is 32.1. The number of nitrogens with zero attached hydrogens (tertiary/aromatic N) is 5. The highest BCUT2D eigenvalue weighted by molar-refractivity contribution is 7.20. The van der Waals surface area contributed by atoms with E-state index in [0.717, 1.165) is 62.7 Å². The third-order valence-electron chi connectivity index (χ3n) is 10.2. The molecule has 0 unspecified atom stereocenters. The number of benzene rings is 6. The van der Waals surface area contributed by atoms with Gasteiger partial charge >= 0.3 is 0 Å². The maximum Gasteiger partial charge on any atom is 0.165 e. The first kappa shape index (κ1) is 35.7. The second-order valence-corrected chi connectivity index (χ2v) is 15.1. The second-order valence-electron chi connectivity index (χ2n) is 14.0. The van der Waals surface area contributed by atoms with E-state index in [0.29, 0.717) is 28.9 Å². The summed E-state index contributed by atoms with van der Waals surface area (Å²) >= 11 is 1.78. The molecule has 0 aliphatic heterocycles. The van der Waals surface area contributed by atoms with Gasteiger partial charge in [-0.1, -0.05) is 146 Å². The van der Waals surface area contributed by atoms with Crippen molar-refractivity contribution >= 4 is 51.0 Å². The summed E-state index contributed by atoms with van der Waals surface area (Å²) in [6, 6.07) is 52.9. The van der Waals surface area contributed by atoms with Gasteiger partial charge in [-0.2, -0.15) is 0 Å². The molecule has 2 heterocycles. The van der Waals surface area contributed by atoms with Crippen molar-refractivity contribution < 1.29 is 0 Å². The van der Waals surface area contributed by atoms with Crippen molar-refractivity contribution in [1.82, 2.24) is 15.0 Å². The first-order valence-corrected chi connectivity index (χ1v) is 19.9. The zero-order valence-corrected chi connectivity index (χ0v) is 32.2. The molecule has 0 radical (unpaired) electrons. The van der Waals surface area contributed by atoms with Crippen LogP contribution in [0.3, 0.4) is 0 Å². The van der Waals surface area contributed by atoms with E-state index in [1.807, 2.05) is 109 Å². The van der Waals surface area contributed by atoms with Crippen LogP contribution in [0.15, 0.2) is 168 Å². The Kier molecular flexibility index (Phi) is 10.0. The van der Waals surface area contributed by atoms with Gasteiger partial charge in [-0.25, -0.2) is 24.9 Å². The average molecular weight is 755 g/mol. The minimum Gasteiger partial charge on any atom is -0.282 e. The van der Waals surface area contributed by atoms with Crippen LogP contribution < -0.4 is 0 Å². The lowest BCUT2D eigenvalue weighted by molar-refractivity contribution is 0.868. The maximum atomic E-state index is 9.09. The van der Waals surface area contributed by atoms with E-state index in [1.165, 1.54) is 21.6 Å². The fourth-order valence-electron chi connectivity index (χ4n) is 7.27. The molecule has 9 rings (SSSR count). The molecule has 0 atom stereocenters. The number of thiophene rings is 1. The van der Waals surface area contributed by atoms with Crippen LogP contribution in [0.25, 0.3) is 55.9 Å².